The SMILES string of the molecule is COCCNc1ncnc(N)c1Br. The predicted octanol–water partition coefficient (Wildman–Crippen LogP) is 0.880. The predicted molar refractivity (Wildman–Crippen MR) is 54.5 cm³/mol. The fourth-order valence-electron chi connectivity index (χ4n) is 0.778. The van der Waals surface area contributed by atoms with Crippen molar-refractivity contribution in [3.05, 3.63) is 10.8 Å². The number of anilines is 2. The summed E-state index contributed by atoms with van der Waals surface area (Å²) in [5.41, 5.74) is 5.56. The van der Waals surface area contributed by atoms with E-state index in [2.05, 4.69) is 31.2 Å². The van der Waals surface area contributed by atoms with Crippen molar-refractivity contribution in [2.24, 2.45) is 0 Å². The molecule has 1 aromatic rings. The van der Waals surface area contributed by atoms with Crippen LogP contribution in [0.1, 0.15) is 0 Å². The lowest BCUT2D eigenvalue weighted by molar-refractivity contribution is 0.210. The molecule has 0 saturated carbocycles. The summed E-state index contributed by atoms with van der Waals surface area (Å²) in [4.78, 5) is 7.82. The number of aromatic nitrogens is 2. The van der Waals surface area contributed by atoms with E-state index >= 15 is 0 Å². The van der Waals surface area contributed by atoms with Gasteiger partial charge in [0.25, 0.3) is 0 Å². The molecule has 0 aliphatic heterocycles. The van der Waals surface area contributed by atoms with Gasteiger partial charge in [0.2, 0.25) is 0 Å². The van der Waals surface area contributed by atoms with Crippen molar-refractivity contribution in [2.75, 3.05) is 31.3 Å². The fraction of sp³-hybridized carbons (Fsp3) is 0.429. The second kappa shape index (κ2) is 4.98. The Morgan fingerprint density at radius 3 is 3.08 bits per heavy atom. The number of hydrogen-bond acceptors (Lipinski definition) is 5. The van der Waals surface area contributed by atoms with Crippen LogP contribution in [0, 0.1) is 0 Å². The molecule has 0 spiro atoms. The highest BCUT2D eigenvalue weighted by atomic mass is 79.9. The molecule has 0 unspecified atom stereocenters. The third-order valence-electron chi connectivity index (χ3n) is 1.42. The maximum Gasteiger partial charge on any atom is 0.146 e. The normalized spacial score (nSPS) is 10.0. The van der Waals surface area contributed by atoms with Crippen LogP contribution in [-0.4, -0.2) is 30.2 Å². The maximum absolute atomic E-state index is 5.56. The second-order valence-corrected chi connectivity index (χ2v) is 3.13. The zero-order valence-electron chi connectivity index (χ0n) is 7.25. The van der Waals surface area contributed by atoms with Gasteiger partial charge in [-0.05, 0) is 15.9 Å². The lowest BCUT2D eigenvalue weighted by Crippen LogP contribution is -2.10. The van der Waals surface area contributed by atoms with E-state index in [4.69, 9.17) is 10.5 Å². The van der Waals surface area contributed by atoms with Crippen molar-refractivity contribution >= 4 is 27.6 Å². The molecule has 0 aromatic carbocycles. The van der Waals surface area contributed by atoms with E-state index in [1.807, 2.05) is 0 Å². The highest BCUT2D eigenvalue weighted by Gasteiger charge is 2.03. The van der Waals surface area contributed by atoms with Crippen molar-refractivity contribution in [2.45, 2.75) is 0 Å². The molecule has 0 saturated heterocycles. The molecule has 0 amide bonds. The molecule has 1 rings (SSSR count). The fourth-order valence-corrected chi connectivity index (χ4v) is 1.12. The molecule has 6 heteroatoms. The number of methoxy groups -OCH3 is 1. The van der Waals surface area contributed by atoms with Gasteiger partial charge in [0.05, 0.1) is 6.61 Å². The summed E-state index contributed by atoms with van der Waals surface area (Å²) >= 11 is 3.28. The molecule has 0 aliphatic carbocycles. The molecule has 0 radical (unpaired) electrons. The third-order valence-corrected chi connectivity index (χ3v) is 2.20. The van der Waals surface area contributed by atoms with Crippen LogP contribution in [0.2, 0.25) is 0 Å². The molecule has 0 atom stereocenters. The van der Waals surface area contributed by atoms with Gasteiger partial charge in [0.15, 0.2) is 0 Å². The molecular formula is C7H11BrN4O. The zero-order chi connectivity index (χ0) is 9.68. The van der Waals surface area contributed by atoms with E-state index in [0.717, 1.165) is 0 Å². The van der Waals surface area contributed by atoms with Crippen LogP contribution in [0.15, 0.2) is 10.8 Å². The summed E-state index contributed by atoms with van der Waals surface area (Å²) in [5.74, 6) is 1.11. The van der Waals surface area contributed by atoms with Crippen molar-refractivity contribution < 1.29 is 4.74 Å². The minimum absolute atomic E-state index is 0.426. The van der Waals surface area contributed by atoms with E-state index in [0.29, 0.717) is 29.3 Å². The molecule has 0 fully saturated rings. The number of nitrogen functional groups attached to an aromatic ring is 1. The third kappa shape index (κ3) is 2.82. The van der Waals surface area contributed by atoms with E-state index in [-0.39, 0.29) is 0 Å². The van der Waals surface area contributed by atoms with Gasteiger partial charge in [-0.2, -0.15) is 0 Å². The van der Waals surface area contributed by atoms with E-state index in [1.54, 1.807) is 7.11 Å². The first-order valence-electron chi connectivity index (χ1n) is 3.74. The average Bonchev–Trinajstić information content (AvgIpc) is 2.13. The van der Waals surface area contributed by atoms with Crippen LogP contribution >= 0.6 is 15.9 Å². The summed E-state index contributed by atoms with van der Waals surface area (Å²) in [6, 6.07) is 0. The Morgan fingerprint density at radius 1 is 1.62 bits per heavy atom. The Balaban J connectivity index is 2.61. The number of hydrogen-bond donors (Lipinski definition) is 2. The van der Waals surface area contributed by atoms with Gasteiger partial charge in [-0.15, -0.1) is 0 Å². The number of halogens is 1. The molecule has 5 nitrogen and oxygen atoms in total. The molecule has 13 heavy (non-hydrogen) atoms. The Labute approximate surface area is 84.8 Å². The molecular weight excluding hydrogens is 236 g/mol. The first kappa shape index (κ1) is 10.2. The lowest BCUT2D eigenvalue weighted by Gasteiger charge is -2.06. The summed E-state index contributed by atoms with van der Waals surface area (Å²) < 4.78 is 5.57. The van der Waals surface area contributed by atoms with Crippen LogP contribution < -0.4 is 11.1 Å². The topological polar surface area (TPSA) is 73.1 Å². The van der Waals surface area contributed by atoms with E-state index < -0.39 is 0 Å². The first-order chi connectivity index (χ1) is 6.25. The largest absolute Gasteiger partial charge is 0.383 e. The summed E-state index contributed by atoms with van der Waals surface area (Å²) in [6.45, 7) is 1.31. The number of ether oxygens (including phenoxy) is 1. The van der Waals surface area contributed by atoms with Gasteiger partial charge in [0.1, 0.15) is 22.4 Å². The molecule has 0 bridgehead atoms. The molecule has 72 valence electrons. The van der Waals surface area contributed by atoms with Gasteiger partial charge in [-0.1, -0.05) is 0 Å². The first-order valence-corrected chi connectivity index (χ1v) is 4.53. The summed E-state index contributed by atoms with van der Waals surface area (Å²) in [7, 11) is 1.64. The van der Waals surface area contributed by atoms with E-state index in [1.165, 1.54) is 6.33 Å². The second-order valence-electron chi connectivity index (χ2n) is 2.34. The van der Waals surface area contributed by atoms with Crippen molar-refractivity contribution in [3.8, 4) is 0 Å². The van der Waals surface area contributed by atoms with Gasteiger partial charge >= 0.3 is 0 Å². The molecule has 1 heterocycles. The lowest BCUT2D eigenvalue weighted by atomic mass is 10.5. The molecule has 0 aliphatic rings. The van der Waals surface area contributed by atoms with Crippen LogP contribution in [-0.2, 0) is 4.74 Å². The van der Waals surface area contributed by atoms with Gasteiger partial charge in [0, 0.05) is 13.7 Å². The van der Waals surface area contributed by atoms with Crippen LogP contribution in [0.25, 0.3) is 0 Å². The van der Waals surface area contributed by atoms with Crippen molar-refractivity contribution in [3.63, 3.8) is 0 Å². The maximum atomic E-state index is 5.56. The van der Waals surface area contributed by atoms with Crippen LogP contribution in [0.5, 0.6) is 0 Å². The van der Waals surface area contributed by atoms with Crippen LogP contribution in [0.3, 0.4) is 0 Å². The van der Waals surface area contributed by atoms with Gasteiger partial charge in [-0.3, -0.25) is 0 Å². The van der Waals surface area contributed by atoms with Crippen LogP contribution in [0.4, 0.5) is 11.6 Å². The summed E-state index contributed by atoms with van der Waals surface area (Å²) in [5, 5.41) is 3.05. The quantitative estimate of drug-likeness (QED) is 0.772. The Morgan fingerprint density at radius 2 is 2.38 bits per heavy atom. The number of nitrogens with two attached hydrogens (primary N) is 1. The zero-order valence-corrected chi connectivity index (χ0v) is 8.84. The standard InChI is InChI=1S/C7H11BrN4O/c1-13-3-2-10-7-5(8)6(9)11-4-12-7/h4H,2-3H2,1H3,(H3,9,10,11,12). The van der Waals surface area contributed by atoms with E-state index in [9.17, 15) is 0 Å². The van der Waals surface area contributed by atoms with Crippen molar-refractivity contribution in [1.82, 2.24) is 9.97 Å². The minimum atomic E-state index is 0.426. The molecule has 1 aromatic heterocycles. The van der Waals surface area contributed by atoms with Gasteiger partial charge in [-0.25, -0.2) is 9.97 Å². The molecule has 3 N–H and O–H groups in total. The monoisotopic (exact) mass is 246 g/mol. The number of nitrogens with one attached hydrogen (secondary N) is 1. The number of rotatable bonds is 4. The van der Waals surface area contributed by atoms with Gasteiger partial charge < -0.3 is 15.8 Å². The average molecular weight is 247 g/mol. The highest BCUT2D eigenvalue weighted by molar-refractivity contribution is 9.10. The minimum Gasteiger partial charge on any atom is -0.383 e. The Hall–Kier alpha value is -0.880. The summed E-state index contributed by atoms with van der Waals surface area (Å²) in [6.07, 6.45) is 1.41. The number of nitrogens with zero attached hydrogens (tertiary/aromatic N) is 2. The smallest absolute Gasteiger partial charge is 0.146 e. The Bertz CT molecular complexity index is 281. The van der Waals surface area contributed by atoms with Crippen molar-refractivity contribution in [1.29, 1.82) is 0 Å². The Kier molecular flexibility index (Phi) is 3.91. The highest BCUT2D eigenvalue weighted by Crippen LogP contribution is 2.23.